The van der Waals surface area contributed by atoms with E-state index in [2.05, 4.69) is 44.8 Å². The summed E-state index contributed by atoms with van der Waals surface area (Å²) in [6.07, 6.45) is 3.68. The minimum Gasteiger partial charge on any atom is -0.359 e. The maximum atomic E-state index is 3.90. The molecule has 0 aliphatic heterocycles. The van der Waals surface area contributed by atoms with Gasteiger partial charge in [-0.15, -0.1) is 0 Å². The highest BCUT2D eigenvalue weighted by atomic mass is 14.9. The van der Waals surface area contributed by atoms with Gasteiger partial charge in [-0.1, -0.05) is 26.0 Å². The molecule has 1 nitrogen and oxygen atoms in total. The Hall–Kier alpha value is -1.24. The van der Waals surface area contributed by atoms with E-state index >= 15 is 0 Å². The zero-order valence-electron chi connectivity index (χ0n) is 11.0. The van der Waals surface area contributed by atoms with Crippen molar-refractivity contribution in [2.24, 2.45) is 0 Å². The Morgan fingerprint density at radius 2 is 2.00 bits per heavy atom. The summed E-state index contributed by atoms with van der Waals surface area (Å²) >= 11 is 0. The molecule has 0 aliphatic rings. The van der Waals surface area contributed by atoms with E-state index in [1.165, 1.54) is 41.6 Å². The van der Waals surface area contributed by atoms with Gasteiger partial charge in [-0.25, -0.2) is 0 Å². The maximum Gasteiger partial charge on any atom is 0.0416 e. The normalized spacial score (nSPS) is 10.2. The Labute approximate surface area is 99.6 Å². The average molecular weight is 217 g/mol. The van der Waals surface area contributed by atoms with E-state index < -0.39 is 0 Å². The van der Waals surface area contributed by atoms with Crippen LogP contribution in [0.2, 0.25) is 0 Å². The standard InChI is InChI=1S/C15H23N/c1-6-7-8-14-9-12(4)10-15(13(14)5)16-11(2)3/h9-10,16H,2,6-8H2,1,3-5H3. The molecule has 0 saturated heterocycles. The second-order valence-electron chi connectivity index (χ2n) is 4.61. The second kappa shape index (κ2) is 5.74. The average Bonchev–Trinajstić information content (AvgIpc) is 2.20. The van der Waals surface area contributed by atoms with Gasteiger partial charge in [0.2, 0.25) is 0 Å². The van der Waals surface area contributed by atoms with Gasteiger partial charge in [0, 0.05) is 11.4 Å². The molecule has 88 valence electrons. The molecule has 0 saturated carbocycles. The smallest absolute Gasteiger partial charge is 0.0416 e. The quantitative estimate of drug-likeness (QED) is 0.760. The fourth-order valence-corrected chi connectivity index (χ4v) is 1.92. The minimum atomic E-state index is 0.996. The first-order valence-electron chi connectivity index (χ1n) is 6.07. The van der Waals surface area contributed by atoms with Gasteiger partial charge in [0.1, 0.15) is 0 Å². The first-order valence-corrected chi connectivity index (χ1v) is 6.07. The van der Waals surface area contributed by atoms with Crippen LogP contribution in [0.3, 0.4) is 0 Å². The van der Waals surface area contributed by atoms with Crippen molar-refractivity contribution in [1.82, 2.24) is 0 Å². The van der Waals surface area contributed by atoms with Gasteiger partial charge in [0.15, 0.2) is 0 Å². The summed E-state index contributed by atoms with van der Waals surface area (Å²) in [6.45, 7) is 12.5. The number of rotatable bonds is 5. The monoisotopic (exact) mass is 217 g/mol. The number of nitrogens with one attached hydrogen (secondary N) is 1. The van der Waals surface area contributed by atoms with Gasteiger partial charge in [-0.3, -0.25) is 0 Å². The van der Waals surface area contributed by atoms with Gasteiger partial charge >= 0.3 is 0 Å². The molecular weight excluding hydrogens is 194 g/mol. The summed E-state index contributed by atoms with van der Waals surface area (Å²) in [5, 5.41) is 3.34. The molecule has 0 aliphatic carbocycles. The second-order valence-corrected chi connectivity index (χ2v) is 4.61. The summed E-state index contributed by atoms with van der Waals surface area (Å²) in [5.74, 6) is 0. The van der Waals surface area contributed by atoms with Crippen LogP contribution < -0.4 is 5.32 Å². The third kappa shape index (κ3) is 3.41. The first-order chi connectivity index (χ1) is 7.54. The first kappa shape index (κ1) is 12.8. The van der Waals surface area contributed by atoms with E-state index in [4.69, 9.17) is 0 Å². The van der Waals surface area contributed by atoms with Crippen molar-refractivity contribution in [3.8, 4) is 0 Å². The van der Waals surface area contributed by atoms with Crippen LogP contribution in [0.1, 0.15) is 43.4 Å². The molecule has 1 aromatic carbocycles. The van der Waals surface area contributed by atoms with E-state index in [9.17, 15) is 0 Å². The Morgan fingerprint density at radius 1 is 1.31 bits per heavy atom. The fraction of sp³-hybridized carbons (Fsp3) is 0.467. The van der Waals surface area contributed by atoms with E-state index in [0.29, 0.717) is 0 Å². The number of aryl methyl sites for hydroxylation is 2. The summed E-state index contributed by atoms with van der Waals surface area (Å²) < 4.78 is 0. The summed E-state index contributed by atoms with van der Waals surface area (Å²) in [5.41, 5.74) is 6.35. The zero-order valence-corrected chi connectivity index (χ0v) is 11.0. The van der Waals surface area contributed by atoms with E-state index in [-0.39, 0.29) is 0 Å². The topological polar surface area (TPSA) is 12.0 Å². The third-order valence-corrected chi connectivity index (χ3v) is 2.81. The molecule has 0 spiro atoms. The third-order valence-electron chi connectivity index (χ3n) is 2.81. The molecule has 0 atom stereocenters. The lowest BCUT2D eigenvalue weighted by Gasteiger charge is -2.14. The number of allylic oxidation sites excluding steroid dienone is 1. The summed E-state index contributed by atoms with van der Waals surface area (Å²) in [4.78, 5) is 0. The van der Waals surface area contributed by atoms with Gasteiger partial charge in [0.25, 0.3) is 0 Å². The molecule has 0 amide bonds. The molecule has 1 aromatic rings. The molecular formula is C15H23N. The van der Waals surface area contributed by atoms with Gasteiger partial charge < -0.3 is 5.32 Å². The Kier molecular flexibility index (Phi) is 4.60. The lowest BCUT2D eigenvalue weighted by Crippen LogP contribution is -2.00. The van der Waals surface area contributed by atoms with Crippen LogP contribution in [0.25, 0.3) is 0 Å². The maximum absolute atomic E-state index is 3.90. The SMILES string of the molecule is C=C(C)Nc1cc(C)cc(CCCC)c1C. The highest BCUT2D eigenvalue weighted by molar-refractivity contribution is 5.58. The van der Waals surface area contributed by atoms with Crippen LogP contribution in [0.5, 0.6) is 0 Å². The highest BCUT2D eigenvalue weighted by Gasteiger charge is 2.05. The predicted molar refractivity (Wildman–Crippen MR) is 73.0 cm³/mol. The number of anilines is 1. The summed E-state index contributed by atoms with van der Waals surface area (Å²) in [6, 6.07) is 4.49. The Bertz CT molecular complexity index is 377. The Balaban J connectivity index is 3.00. The van der Waals surface area contributed by atoms with Crippen LogP contribution in [0, 0.1) is 13.8 Å². The number of unbranched alkanes of at least 4 members (excludes halogenated alkanes) is 1. The lowest BCUT2D eigenvalue weighted by atomic mass is 9.98. The Morgan fingerprint density at radius 3 is 2.56 bits per heavy atom. The van der Waals surface area contributed by atoms with Crippen molar-refractivity contribution >= 4 is 5.69 Å². The number of hydrogen-bond acceptors (Lipinski definition) is 1. The van der Waals surface area contributed by atoms with Crippen LogP contribution in [-0.2, 0) is 6.42 Å². The van der Waals surface area contributed by atoms with Gasteiger partial charge in [-0.2, -0.15) is 0 Å². The fourth-order valence-electron chi connectivity index (χ4n) is 1.92. The molecule has 0 heterocycles. The van der Waals surface area contributed by atoms with E-state index in [0.717, 1.165) is 5.70 Å². The lowest BCUT2D eigenvalue weighted by molar-refractivity contribution is 0.791. The van der Waals surface area contributed by atoms with E-state index in [1.54, 1.807) is 0 Å². The van der Waals surface area contributed by atoms with Crippen molar-refractivity contribution in [3.05, 3.63) is 41.1 Å². The highest BCUT2D eigenvalue weighted by Crippen LogP contribution is 2.24. The van der Waals surface area contributed by atoms with E-state index in [1.807, 2.05) is 6.92 Å². The van der Waals surface area contributed by atoms with Crippen molar-refractivity contribution in [1.29, 1.82) is 0 Å². The van der Waals surface area contributed by atoms with Crippen molar-refractivity contribution in [2.45, 2.75) is 47.0 Å². The van der Waals surface area contributed by atoms with Crippen molar-refractivity contribution in [2.75, 3.05) is 5.32 Å². The molecule has 16 heavy (non-hydrogen) atoms. The van der Waals surface area contributed by atoms with Crippen molar-refractivity contribution in [3.63, 3.8) is 0 Å². The van der Waals surface area contributed by atoms with Crippen LogP contribution >= 0.6 is 0 Å². The van der Waals surface area contributed by atoms with Gasteiger partial charge in [0.05, 0.1) is 0 Å². The number of hydrogen-bond donors (Lipinski definition) is 1. The summed E-state index contributed by atoms with van der Waals surface area (Å²) in [7, 11) is 0. The minimum absolute atomic E-state index is 0.996. The molecule has 0 fully saturated rings. The molecule has 0 bridgehead atoms. The van der Waals surface area contributed by atoms with Gasteiger partial charge in [-0.05, 0) is 56.4 Å². The van der Waals surface area contributed by atoms with Crippen LogP contribution in [0.15, 0.2) is 24.4 Å². The molecule has 1 N–H and O–H groups in total. The number of benzene rings is 1. The van der Waals surface area contributed by atoms with Crippen molar-refractivity contribution < 1.29 is 0 Å². The van der Waals surface area contributed by atoms with Crippen LogP contribution in [-0.4, -0.2) is 0 Å². The molecule has 0 aromatic heterocycles. The predicted octanol–water partition coefficient (Wildman–Crippen LogP) is 4.59. The zero-order chi connectivity index (χ0) is 12.1. The van der Waals surface area contributed by atoms with Crippen LogP contribution in [0.4, 0.5) is 5.69 Å². The molecule has 0 unspecified atom stereocenters. The molecule has 0 radical (unpaired) electrons. The molecule has 1 rings (SSSR count). The largest absolute Gasteiger partial charge is 0.359 e. The molecule has 1 heteroatoms.